The van der Waals surface area contributed by atoms with Gasteiger partial charge in [0.05, 0.1) is 10.5 Å². The van der Waals surface area contributed by atoms with Crippen LogP contribution in [-0.2, 0) is 6.18 Å². The lowest BCUT2D eigenvalue weighted by Gasteiger charge is -2.11. The van der Waals surface area contributed by atoms with Gasteiger partial charge in [0.15, 0.2) is 5.69 Å². The van der Waals surface area contributed by atoms with Crippen molar-refractivity contribution in [1.82, 2.24) is 15.0 Å². The number of hydrogen-bond donors (Lipinski definition) is 1. The molecule has 2 rings (SSSR count). The fourth-order valence-corrected chi connectivity index (χ4v) is 1.55. The predicted molar refractivity (Wildman–Crippen MR) is 61.3 cm³/mol. The van der Waals surface area contributed by atoms with Gasteiger partial charge in [-0.15, -0.1) is 0 Å². The van der Waals surface area contributed by atoms with Gasteiger partial charge in [-0.05, 0) is 6.07 Å². The first kappa shape index (κ1) is 13.6. The summed E-state index contributed by atoms with van der Waals surface area (Å²) in [5.41, 5.74) is 2.45. The van der Waals surface area contributed by atoms with Gasteiger partial charge in [-0.25, -0.2) is 9.97 Å². The molecule has 0 fully saturated rings. The van der Waals surface area contributed by atoms with E-state index in [-0.39, 0.29) is 5.95 Å². The van der Waals surface area contributed by atoms with Crippen LogP contribution < -0.4 is 5.73 Å². The van der Waals surface area contributed by atoms with E-state index in [0.29, 0.717) is 6.07 Å². The third kappa shape index (κ3) is 2.48. The Morgan fingerprint density at radius 2 is 2.00 bits per heavy atom. The second kappa shape index (κ2) is 4.72. The maximum absolute atomic E-state index is 12.9. The molecule has 104 valence electrons. The molecule has 0 aromatic carbocycles. The molecule has 0 amide bonds. The van der Waals surface area contributed by atoms with Crippen LogP contribution in [0.1, 0.15) is 5.56 Å². The Balaban J connectivity index is 2.75. The predicted octanol–water partition coefficient (Wildman–Crippen LogP) is 2.05. The van der Waals surface area contributed by atoms with Crippen LogP contribution in [-0.4, -0.2) is 19.9 Å². The number of hydrogen-bond acceptors (Lipinski definition) is 6. The van der Waals surface area contributed by atoms with Gasteiger partial charge in [-0.1, -0.05) is 0 Å². The second-order valence-electron chi connectivity index (χ2n) is 3.64. The van der Waals surface area contributed by atoms with Gasteiger partial charge < -0.3 is 5.73 Å². The van der Waals surface area contributed by atoms with Gasteiger partial charge in [-0.3, -0.25) is 15.1 Å². The zero-order valence-corrected chi connectivity index (χ0v) is 9.63. The van der Waals surface area contributed by atoms with Gasteiger partial charge in [0, 0.05) is 18.0 Å². The van der Waals surface area contributed by atoms with Crippen molar-refractivity contribution in [2.45, 2.75) is 6.18 Å². The first-order chi connectivity index (χ1) is 9.30. The van der Waals surface area contributed by atoms with Crippen LogP contribution in [0.25, 0.3) is 11.3 Å². The summed E-state index contributed by atoms with van der Waals surface area (Å²) < 4.78 is 38.7. The largest absolute Gasteiger partial charge is 0.417 e. The molecule has 2 aromatic heterocycles. The summed E-state index contributed by atoms with van der Waals surface area (Å²) in [7, 11) is 0. The van der Waals surface area contributed by atoms with Crippen molar-refractivity contribution >= 4 is 11.6 Å². The van der Waals surface area contributed by atoms with E-state index in [2.05, 4.69) is 15.0 Å². The highest BCUT2D eigenvalue weighted by Crippen LogP contribution is 2.38. The molecule has 0 unspecified atom stereocenters. The van der Waals surface area contributed by atoms with Gasteiger partial charge in [-0.2, -0.15) is 13.2 Å². The van der Waals surface area contributed by atoms with Crippen molar-refractivity contribution in [3.8, 4) is 11.3 Å². The lowest BCUT2D eigenvalue weighted by Crippen LogP contribution is -2.09. The average molecular weight is 285 g/mol. The summed E-state index contributed by atoms with van der Waals surface area (Å²) in [4.78, 5) is 20.4. The highest BCUT2D eigenvalue weighted by molar-refractivity contribution is 5.72. The van der Waals surface area contributed by atoms with Crippen LogP contribution in [0.4, 0.5) is 24.8 Å². The SMILES string of the molecule is Nc1ncc([N+](=O)[O-])c(-c2cnccc2C(F)(F)F)n1. The molecule has 7 nitrogen and oxygen atoms in total. The van der Waals surface area contributed by atoms with E-state index in [0.717, 1.165) is 18.6 Å². The molecule has 0 saturated heterocycles. The molecule has 0 saturated carbocycles. The standard InChI is InChI=1S/C10H6F3N5O2/c11-10(12,13)6-1-2-15-3-5(6)8-7(18(19)20)4-16-9(14)17-8/h1-4H,(H2,14,16,17). The van der Waals surface area contributed by atoms with Crippen LogP contribution in [0.15, 0.2) is 24.7 Å². The minimum absolute atomic E-state index is 0.373. The first-order valence-electron chi connectivity index (χ1n) is 5.09. The van der Waals surface area contributed by atoms with Crippen molar-refractivity contribution < 1.29 is 18.1 Å². The highest BCUT2D eigenvalue weighted by atomic mass is 19.4. The van der Waals surface area contributed by atoms with Gasteiger partial charge >= 0.3 is 11.9 Å². The van der Waals surface area contributed by atoms with E-state index in [9.17, 15) is 23.3 Å². The number of rotatable bonds is 2. The lowest BCUT2D eigenvalue weighted by molar-refractivity contribution is -0.384. The molecule has 2 aromatic rings. The van der Waals surface area contributed by atoms with Crippen LogP contribution in [0.3, 0.4) is 0 Å². The summed E-state index contributed by atoms with van der Waals surface area (Å²) in [6.07, 6.45) is -2.17. The van der Waals surface area contributed by atoms with Crippen LogP contribution in [0.5, 0.6) is 0 Å². The third-order valence-corrected chi connectivity index (χ3v) is 2.37. The fraction of sp³-hybridized carbons (Fsp3) is 0.100. The lowest BCUT2D eigenvalue weighted by atomic mass is 10.1. The van der Waals surface area contributed by atoms with E-state index >= 15 is 0 Å². The number of nitrogens with two attached hydrogens (primary N) is 1. The number of alkyl halides is 3. The number of anilines is 1. The van der Waals surface area contributed by atoms with Gasteiger partial charge in [0.25, 0.3) is 0 Å². The zero-order chi connectivity index (χ0) is 14.9. The number of nitrogen functional groups attached to an aromatic ring is 1. The second-order valence-corrected chi connectivity index (χ2v) is 3.64. The summed E-state index contributed by atoms with van der Waals surface area (Å²) in [6, 6.07) is 0.706. The van der Waals surface area contributed by atoms with Gasteiger partial charge in [0.2, 0.25) is 5.95 Å². The molecular formula is C10H6F3N5O2. The molecule has 0 bridgehead atoms. The minimum Gasteiger partial charge on any atom is -0.368 e. The first-order valence-corrected chi connectivity index (χ1v) is 5.09. The number of nitrogens with zero attached hydrogens (tertiary/aromatic N) is 4. The van der Waals surface area contributed by atoms with E-state index in [1.54, 1.807) is 0 Å². The van der Waals surface area contributed by atoms with Crippen molar-refractivity contribution in [2.75, 3.05) is 5.73 Å². The maximum atomic E-state index is 12.9. The Bertz CT molecular complexity index is 674. The smallest absolute Gasteiger partial charge is 0.368 e. The number of halogens is 3. The van der Waals surface area contributed by atoms with Gasteiger partial charge in [0.1, 0.15) is 6.20 Å². The van der Waals surface area contributed by atoms with Crippen molar-refractivity contribution in [1.29, 1.82) is 0 Å². The molecule has 0 radical (unpaired) electrons. The molecule has 2 N–H and O–H groups in total. The number of pyridine rings is 1. The minimum atomic E-state index is -4.70. The van der Waals surface area contributed by atoms with Crippen LogP contribution in [0.2, 0.25) is 0 Å². The van der Waals surface area contributed by atoms with E-state index in [1.165, 1.54) is 0 Å². The quantitative estimate of drug-likeness (QED) is 0.668. The molecule has 0 spiro atoms. The Morgan fingerprint density at radius 3 is 2.60 bits per heavy atom. The Hall–Kier alpha value is -2.78. The molecule has 0 aliphatic carbocycles. The monoisotopic (exact) mass is 285 g/mol. The van der Waals surface area contributed by atoms with Crippen molar-refractivity contribution in [3.63, 3.8) is 0 Å². The molecular weight excluding hydrogens is 279 g/mol. The van der Waals surface area contributed by atoms with Crippen molar-refractivity contribution in [2.24, 2.45) is 0 Å². The topological polar surface area (TPSA) is 108 Å². The summed E-state index contributed by atoms with van der Waals surface area (Å²) in [5, 5.41) is 10.9. The molecule has 0 aliphatic rings. The van der Waals surface area contributed by atoms with Crippen LogP contribution >= 0.6 is 0 Å². The fourth-order valence-electron chi connectivity index (χ4n) is 1.55. The number of nitro groups is 1. The Morgan fingerprint density at radius 1 is 1.30 bits per heavy atom. The maximum Gasteiger partial charge on any atom is 0.417 e. The molecule has 0 atom stereocenters. The summed E-state index contributed by atoms with van der Waals surface area (Å²) >= 11 is 0. The third-order valence-electron chi connectivity index (χ3n) is 2.37. The summed E-state index contributed by atoms with van der Waals surface area (Å²) in [5.74, 6) is -0.373. The average Bonchev–Trinajstić information content (AvgIpc) is 2.37. The van der Waals surface area contributed by atoms with E-state index in [4.69, 9.17) is 5.73 Å². The molecule has 10 heteroatoms. The molecule has 0 aliphatic heterocycles. The molecule has 20 heavy (non-hydrogen) atoms. The van der Waals surface area contributed by atoms with E-state index < -0.39 is 33.6 Å². The normalized spacial score (nSPS) is 11.3. The highest BCUT2D eigenvalue weighted by Gasteiger charge is 2.36. The Labute approximate surface area is 109 Å². The Kier molecular flexibility index (Phi) is 3.22. The van der Waals surface area contributed by atoms with Crippen LogP contribution in [0, 0.1) is 10.1 Å². The summed E-state index contributed by atoms with van der Waals surface area (Å²) in [6.45, 7) is 0. The zero-order valence-electron chi connectivity index (χ0n) is 9.63. The van der Waals surface area contributed by atoms with E-state index in [1.807, 2.05) is 0 Å². The molecule has 2 heterocycles. The van der Waals surface area contributed by atoms with Crippen molar-refractivity contribution in [3.05, 3.63) is 40.3 Å². The number of aromatic nitrogens is 3.